The zero-order valence-corrected chi connectivity index (χ0v) is 12.6. The number of hydrogen-bond acceptors (Lipinski definition) is 5. The third-order valence-electron chi connectivity index (χ3n) is 6.46. The first kappa shape index (κ1) is 13.2. The summed E-state index contributed by atoms with van der Waals surface area (Å²) in [4.78, 5) is 0. The molecule has 2 bridgehead atoms. The van der Waals surface area contributed by atoms with Gasteiger partial charge in [0.1, 0.15) is 6.10 Å². The summed E-state index contributed by atoms with van der Waals surface area (Å²) < 4.78 is 11.7. The molecule has 2 aliphatic heterocycles. The number of aliphatic hydroxyl groups excluding tert-OH is 1. The predicted octanol–water partition coefficient (Wildman–Crippen LogP) is 0.498. The van der Waals surface area contributed by atoms with Crippen LogP contribution in [-0.4, -0.2) is 47.7 Å². The summed E-state index contributed by atoms with van der Waals surface area (Å²) in [7, 11) is 1.64. The van der Waals surface area contributed by atoms with Gasteiger partial charge in [0.05, 0.1) is 24.2 Å². The van der Waals surface area contributed by atoms with E-state index < -0.39 is 17.1 Å². The van der Waals surface area contributed by atoms with Gasteiger partial charge < -0.3 is 25.0 Å². The first-order valence-electron chi connectivity index (χ1n) is 8.12. The van der Waals surface area contributed by atoms with Gasteiger partial charge in [-0.25, -0.2) is 0 Å². The zero-order valence-electron chi connectivity index (χ0n) is 12.6. The highest BCUT2D eigenvalue weighted by Gasteiger charge is 2.71. The third kappa shape index (κ3) is 1.21. The summed E-state index contributed by atoms with van der Waals surface area (Å²) in [6.07, 6.45) is 1.86. The molecule has 5 rings (SSSR count). The number of benzene rings is 1. The second-order valence-corrected chi connectivity index (χ2v) is 7.13. The van der Waals surface area contributed by atoms with Crippen molar-refractivity contribution >= 4 is 0 Å². The second-order valence-electron chi connectivity index (χ2n) is 7.13. The first-order chi connectivity index (χ1) is 10.6. The topological polar surface area (TPSA) is 71.0 Å². The smallest absolute Gasteiger partial charge is 0.166 e. The van der Waals surface area contributed by atoms with E-state index in [0.717, 1.165) is 30.7 Å². The second kappa shape index (κ2) is 3.96. The van der Waals surface area contributed by atoms with Gasteiger partial charge in [-0.1, -0.05) is 6.07 Å². The number of rotatable bonds is 1. The largest absolute Gasteiger partial charge is 0.493 e. The molecule has 22 heavy (non-hydrogen) atoms. The molecule has 5 atom stereocenters. The van der Waals surface area contributed by atoms with Gasteiger partial charge in [0.25, 0.3) is 0 Å². The Kier molecular flexibility index (Phi) is 2.37. The Morgan fingerprint density at radius 2 is 2.23 bits per heavy atom. The Morgan fingerprint density at radius 3 is 3.05 bits per heavy atom. The fourth-order valence-corrected chi connectivity index (χ4v) is 5.57. The molecule has 1 aromatic rings. The van der Waals surface area contributed by atoms with Crippen LogP contribution >= 0.6 is 0 Å². The lowest BCUT2D eigenvalue weighted by atomic mass is 9.49. The van der Waals surface area contributed by atoms with Gasteiger partial charge in [-0.2, -0.15) is 0 Å². The van der Waals surface area contributed by atoms with E-state index in [0.29, 0.717) is 18.6 Å². The van der Waals surface area contributed by atoms with E-state index in [9.17, 15) is 10.2 Å². The van der Waals surface area contributed by atoms with Crippen molar-refractivity contribution in [1.82, 2.24) is 5.32 Å². The molecule has 5 nitrogen and oxygen atoms in total. The number of aliphatic hydroxyl groups is 2. The van der Waals surface area contributed by atoms with Crippen LogP contribution in [0.5, 0.6) is 11.5 Å². The molecule has 0 unspecified atom stereocenters. The van der Waals surface area contributed by atoms with Crippen LogP contribution < -0.4 is 14.8 Å². The number of ether oxygens (including phenoxy) is 2. The standard InChI is InChI=1S/C17H21NO4/c1-21-11-3-2-9-8-12-17(20)5-4-10(19)15-16(17,6-7-18-12)13(9)14(11)22-15/h2-3,10,12,15,18-20H,4-8H2,1H3/t10-,12-,15+,16+,17-/m1/s1. The van der Waals surface area contributed by atoms with Crippen molar-refractivity contribution in [3.63, 3.8) is 0 Å². The van der Waals surface area contributed by atoms with Gasteiger partial charge in [-0.05, 0) is 43.9 Å². The maximum atomic E-state index is 11.6. The average molecular weight is 303 g/mol. The first-order valence-corrected chi connectivity index (χ1v) is 8.12. The van der Waals surface area contributed by atoms with Crippen LogP contribution in [-0.2, 0) is 11.8 Å². The molecule has 0 aromatic heterocycles. The minimum atomic E-state index is -0.847. The van der Waals surface area contributed by atoms with Gasteiger partial charge in [0.15, 0.2) is 11.5 Å². The monoisotopic (exact) mass is 303 g/mol. The molecule has 2 fully saturated rings. The van der Waals surface area contributed by atoms with E-state index in [4.69, 9.17) is 9.47 Å². The fourth-order valence-electron chi connectivity index (χ4n) is 5.57. The van der Waals surface area contributed by atoms with E-state index in [1.165, 1.54) is 5.56 Å². The molecule has 118 valence electrons. The van der Waals surface area contributed by atoms with E-state index in [1.54, 1.807) is 7.11 Å². The van der Waals surface area contributed by atoms with Gasteiger partial charge in [0.2, 0.25) is 0 Å². The molecule has 3 N–H and O–H groups in total. The molecule has 1 aromatic carbocycles. The summed E-state index contributed by atoms with van der Waals surface area (Å²) in [5.41, 5.74) is 0.961. The minimum Gasteiger partial charge on any atom is -0.493 e. The summed E-state index contributed by atoms with van der Waals surface area (Å²) in [5.74, 6) is 1.44. The van der Waals surface area contributed by atoms with Crippen molar-refractivity contribution in [2.45, 2.75) is 54.9 Å². The Morgan fingerprint density at radius 1 is 1.36 bits per heavy atom. The molecular formula is C17H21NO4. The fraction of sp³-hybridized carbons (Fsp3) is 0.647. The van der Waals surface area contributed by atoms with E-state index in [-0.39, 0.29) is 12.1 Å². The lowest BCUT2D eigenvalue weighted by Crippen LogP contribution is -2.76. The molecule has 1 spiro atoms. The SMILES string of the molecule is COc1ccc2c3c1O[C@H]1[C@H](O)CC[C@@]4(O)[C@@H](C2)NCC[C@]314. The van der Waals surface area contributed by atoms with Crippen LogP contribution in [0.15, 0.2) is 12.1 Å². The molecule has 0 radical (unpaired) electrons. The minimum absolute atomic E-state index is 0.0340. The Bertz CT molecular complexity index is 662. The lowest BCUT2D eigenvalue weighted by molar-refractivity contribution is -0.179. The zero-order chi connectivity index (χ0) is 15.1. The van der Waals surface area contributed by atoms with E-state index in [1.807, 2.05) is 6.07 Å². The summed E-state index contributed by atoms with van der Waals surface area (Å²) in [6.45, 7) is 0.843. The van der Waals surface area contributed by atoms with Crippen LogP contribution in [0.25, 0.3) is 0 Å². The lowest BCUT2D eigenvalue weighted by Gasteiger charge is -2.61. The molecule has 0 amide bonds. The van der Waals surface area contributed by atoms with Crippen LogP contribution in [0.2, 0.25) is 0 Å². The van der Waals surface area contributed by atoms with Crippen LogP contribution in [0.3, 0.4) is 0 Å². The maximum Gasteiger partial charge on any atom is 0.166 e. The summed E-state index contributed by atoms with van der Waals surface area (Å²) >= 11 is 0. The van der Waals surface area contributed by atoms with E-state index in [2.05, 4.69) is 11.4 Å². The third-order valence-corrected chi connectivity index (χ3v) is 6.46. The molecule has 1 saturated heterocycles. The maximum absolute atomic E-state index is 11.6. The van der Waals surface area contributed by atoms with Crippen LogP contribution in [0, 0.1) is 0 Å². The normalized spacial score (nSPS) is 44.2. The van der Waals surface area contributed by atoms with Crippen LogP contribution in [0.1, 0.15) is 30.4 Å². The molecule has 2 heterocycles. The molecule has 4 aliphatic rings. The Hall–Kier alpha value is -1.30. The van der Waals surface area contributed by atoms with Gasteiger partial charge >= 0.3 is 0 Å². The van der Waals surface area contributed by atoms with Crippen molar-refractivity contribution in [2.24, 2.45) is 0 Å². The van der Waals surface area contributed by atoms with E-state index >= 15 is 0 Å². The molecule has 2 aliphatic carbocycles. The van der Waals surface area contributed by atoms with Gasteiger partial charge in [0, 0.05) is 11.6 Å². The number of piperidine rings is 1. The number of methoxy groups -OCH3 is 1. The van der Waals surface area contributed by atoms with Crippen molar-refractivity contribution < 1.29 is 19.7 Å². The van der Waals surface area contributed by atoms with Crippen molar-refractivity contribution in [3.05, 3.63) is 23.3 Å². The highest BCUT2D eigenvalue weighted by Crippen LogP contribution is 2.64. The van der Waals surface area contributed by atoms with Gasteiger partial charge in [-0.3, -0.25) is 0 Å². The van der Waals surface area contributed by atoms with Crippen molar-refractivity contribution in [3.8, 4) is 11.5 Å². The summed E-state index contributed by atoms with van der Waals surface area (Å²) in [5, 5.41) is 25.7. The number of nitrogens with one attached hydrogen (secondary N) is 1. The molecular weight excluding hydrogens is 282 g/mol. The van der Waals surface area contributed by atoms with Gasteiger partial charge in [-0.15, -0.1) is 0 Å². The van der Waals surface area contributed by atoms with Crippen molar-refractivity contribution in [1.29, 1.82) is 0 Å². The highest BCUT2D eigenvalue weighted by molar-refractivity contribution is 5.62. The summed E-state index contributed by atoms with van der Waals surface area (Å²) in [6, 6.07) is 4.06. The highest BCUT2D eigenvalue weighted by atomic mass is 16.5. The Labute approximate surface area is 129 Å². The molecule has 5 heteroatoms. The number of hydrogen-bond donors (Lipinski definition) is 3. The average Bonchev–Trinajstić information content (AvgIpc) is 2.85. The quantitative estimate of drug-likeness (QED) is 0.705. The molecule has 1 saturated carbocycles. The van der Waals surface area contributed by atoms with Crippen molar-refractivity contribution in [2.75, 3.05) is 13.7 Å². The van der Waals surface area contributed by atoms with Crippen LogP contribution in [0.4, 0.5) is 0 Å². The Balaban J connectivity index is 1.85. The predicted molar refractivity (Wildman–Crippen MR) is 79.4 cm³/mol.